The zero-order chi connectivity index (χ0) is 21.8. The van der Waals surface area contributed by atoms with Crippen LogP contribution in [-0.4, -0.2) is 22.6 Å². The van der Waals surface area contributed by atoms with Crippen molar-refractivity contribution in [3.63, 3.8) is 0 Å². The van der Waals surface area contributed by atoms with Crippen LogP contribution in [0.3, 0.4) is 0 Å². The normalized spacial score (nSPS) is 11.0. The number of anilines is 1. The van der Waals surface area contributed by atoms with Crippen LogP contribution in [-0.2, 0) is 9.59 Å². The van der Waals surface area contributed by atoms with Crippen LogP contribution >= 0.6 is 0 Å². The Morgan fingerprint density at radius 3 is 2.47 bits per heavy atom. The van der Waals surface area contributed by atoms with Gasteiger partial charge in [0.2, 0.25) is 0 Å². The van der Waals surface area contributed by atoms with Crippen molar-refractivity contribution >= 4 is 23.7 Å². The first-order valence-corrected chi connectivity index (χ1v) is 9.43. The molecule has 0 radical (unpaired) electrons. The van der Waals surface area contributed by atoms with Gasteiger partial charge < -0.3 is 9.88 Å². The molecule has 6 nitrogen and oxygen atoms in total. The predicted molar refractivity (Wildman–Crippen MR) is 115 cm³/mol. The van der Waals surface area contributed by atoms with Gasteiger partial charge in [-0.3, -0.25) is 9.59 Å². The number of amides is 2. The number of hydrogen-bond donors (Lipinski definition) is 2. The SMILES string of the molecule is Cc1ccc(C)c(NC(=O)C(=O)N/N=C\c2cc(C)n(-c3ccccc3F)c2C)c1. The molecule has 0 atom stereocenters. The molecule has 0 unspecified atom stereocenters. The Hall–Kier alpha value is -3.74. The molecular formula is C23H23FN4O2. The van der Waals surface area contributed by atoms with Gasteiger partial charge in [-0.2, -0.15) is 5.10 Å². The summed E-state index contributed by atoms with van der Waals surface area (Å²) < 4.78 is 15.9. The highest BCUT2D eigenvalue weighted by Gasteiger charge is 2.15. The second-order valence-electron chi connectivity index (χ2n) is 7.08. The molecular weight excluding hydrogens is 383 g/mol. The Bertz CT molecular complexity index is 1150. The molecule has 0 fully saturated rings. The van der Waals surface area contributed by atoms with E-state index in [9.17, 15) is 14.0 Å². The van der Waals surface area contributed by atoms with E-state index < -0.39 is 11.8 Å². The number of nitrogens with zero attached hydrogens (tertiary/aromatic N) is 2. The lowest BCUT2D eigenvalue weighted by molar-refractivity contribution is -0.136. The quantitative estimate of drug-likeness (QED) is 0.391. The van der Waals surface area contributed by atoms with E-state index in [0.29, 0.717) is 16.9 Å². The van der Waals surface area contributed by atoms with E-state index in [1.54, 1.807) is 28.8 Å². The maximum atomic E-state index is 14.2. The standard InChI is InChI=1S/C23H23FN4O2/c1-14-9-10-15(2)20(11-14)26-22(29)23(30)27-25-13-18-12-16(3)28(17(18)4)21-8-6-5-7-19(21)24/h5-13H,1-4H3,(H,26,29)(H,27,30)/b25-13-. The summed E-state index contributed by atoms with van der Waals surface area (Å²) in [5.41, 5.74) is 7.34. The molecule has 2 N–H and O–H groups in total. The molecule has 7 heteroatoms. The first kappa shape index (κ1) is 21.0. The molecule has 154 valence electrons. The number of aryl methyl sites for hydroxylation is 3. The van der Waals surface area contributed by atoms with Gasteiger partial charge in [-0.05, 0) is 63.1 Å². The van der Waals surface area contributed by atoms with Gasteiger partial charge >= 0.3 is 11.8 Å². The molecule has 2 aromatic carbocycles. The summed E-state index contributed by atoms with van der Waals surface area (Å²) in [6.07, 6.45) is 1.43. The highest BCUT2D eigenvalue weighted by Crippen LogP contribution is 2.22. The van der Waals surface area contributed by atoms with Crippen molar-refractivity contribution in [2.24, 2.45) is 5.10 Å². The van der Waals surface area contributed by atoms with Crippen molar-refractivity contribution in [1.82, 2.24) is 9.99 Å². The lowest BCUT2D eigenvalue weighted by Gasteiger charge is -2.10. The number of hydrazone groups is 1. The van der Waals surface area contributed by atoms with E-state index in [4.69, 9.17) is 0 Å². The van der Waals surface area contributed by atoms with Crippen molar-refractivity contribution in [3.05, 3.63) is 82.4 Å². The Kier molecular flexibility index (Phi) is 6.11. The first-order chi connectivity index (χ1) is 14.3. The van der Waals surface area contributed by atoms with E-state index in [2.05, 4.69) is 15.8 Å². The zero-order valence-electron chi connectivity index (χ0n) is 17.3. The van der Waals surface area contributed by atoms with E-state index in [1.165, 1.54) is 12.3 Å². The topological polar surface area (TPSA) is 75.5 Å². The van der Waals surface area contributed by atoms with E-state index in [-0.39, 0.29) is 5.82 Å². The molecule has 30 heavy (non-hydrogen) atoms. The molecule has 3 aromatic rings. The number of halogens is 1. The third-order valence-corrected chi connectivity index (χ3v) is 4.78. The van der Waals surface area contributed by atoms with Crippen LogP contribution in [0.25, 0.3) is 5.69 Å². The number of carbonyl (C=O) groups is 2. The van der Waals surface area contributed by atoms with Crippen LogP contribution in [0.2, 0.25) is 0 Å². The Morgan fingerprint density at radius 1 is 1.00 bits per heavy atom. The number of aromatic nitrogens is 1. The number of rotatable bonds is 4. The van der Waals surface area contributed by atoms with Crippen molar-refractivity contribution < 1.29 is 14.0 Å². The van der Waals surface area contributed by atoms with Crippen molar-refractivity contribution in [2.45, 2.75) is 27.7 Å². The van der Waals surface area contributed by atoms with Crippen molar-refractivity contribution in [3.8, 4) is 5.69 Å². The lowest BCUT2D eigenvalue weighted by atomic mass is 10.1. The molecule has 0 aliphatic carbocycles. The van der Waals surface area contributed by atoms with Gasteiger partial charge in [0.15, 0.2) is 0 Å². The van der Waals surface area contributed by atoms with Gasteiger partial charge in [0.1, 0.15) is 5.82 Å². The molecule has 1 aromatic heterocycles. The van der Waals surface area contributed by atoms with Gasteiger partial charge in [-0.25, -0.2) is 9.82 Å². The Balaban J connectivity index is 1.70. The average Bonchev–Trinajstić information content (AvgIpc) is 2.98. The van der Waals surface area contributed by atoms with Gasteiger partial charge in [0.25, 0.3) is 0 Å². The maximum absolute atomic E-state index is 14.2. The summed E-state index contributed by atoms with van der Waals surface area (Å²) in [7, 11) is 0. The van der Waals surface area contributed by atoms with Crippen molar-refractivity contribution in [2.75, 3.05) is 5.32 Å². The minimum Gasteiger partial charge on any atom is -0.317 e. The second kappa shape index (κ2) is 8.73. The largest absolute Gasteiger partial charge is 0.329 e. The fourth-order valence-electron chi connectivity index (χ4n) is 3.18. The number of benzene rings is 2. The smallest absolute Gasteiger partial charge is 0.317 e. The van der Waals surface area contributed by atoms with Crippen molar-refractivity contribution in [1.29, 1.82) is 0 Å². The fraction of sp³-hybridized carbons (Fsp3) is 0.174. The molecule has 0 aliphatic rings. The molecule has 0 saturated heterocycles. The summed E-state index contributed by atoms with van der Waals surface area (Å²) in [6.45, 7) is 7.43. The number of nitrogens with one attached hydrogen (secondary N) is 2. The minimum atomic E-state index is -0.880. The molecule has 0 aliphatic heterocycles. The predicted octanol–water partition coefficient (Wildman–Crippen LogP) is 3.94. The van der Waals surface area contributed by atoms with Gasteiger partial charge in [-0.1, -0.05) is 24.3 Å². The minimum absolute atomic E-state index is 0.334. The third-order valence-electron chi connectivity index (χ3n) is 4.78. The van der Waals surface area contributed by atoms with Crippen LogP contribution in [0.1, 0.15) is 28.1 Å². The number of para-hydroxylation sites is 1. The maximum Gasteiger partial charge on any atom is 0.329 e. The number of hydrogen-bond acceptors (Lipinski definition) is 3. The van der Waals surface area contributed by atoms with Gasteiger partial charge in [0.05, 0.1) is 11.9 Å². The van der Waals surface area contributed by atoms with Gasteiger partial charge in [0, 0.05) is 22.6 Å². The molecule has 0 saturated carbocycles. The molecule has 0 spiro atoms. The summed E-state index contributed by atoms with van der Waals surface area (Å²) in [5, 5.41) is 6.46. The van der Waals surface area contributed by atoms with Gasteiger partial charge in [-0.15, -0.1) is 0 Å². The highest BCUT2D eigenvalue weighted by molar-refractivity contribution is 6.39. The molecule has 1 heterocycles. The fourth-order valence-corrected chi connectivity index (χ4v) is 3.18. The van der Waals surface area contributed by atoms with E-state index >= 15 is 0 Å². The van der Waals surface area contributed by atoms with Crippen LogP contribution in [0.15, 0.2) is 53.6 Å². The summed E-state index contributed by atoms with van der Waals surface area (Å²) in [5.74, 6) is -2.02. The molecule has 0 bridgehead atoms. The average molecular weight is 406 g/mol. The number of carbonyl (C=O) groups excluding carboxylic acids is 2. The van der Waals surface area contributed by atoms with E-state index in [0.717, 1.165) is 22.5 Å². The Morgan fingerprint density at radius 2 is 1.73 bits per heavy atom. The third kappa shape index (κ3) is 4.46. The zero-order valence-corrected chi connectivity index (χ0v) is 17.3. The first-order valence-electron chi connectivity index (χ1n) is 9.43. The summed E-state index contributed by atoms with van der Waals surface area (Å²) >= 11 is 0. The monoisotopic (exact) mass is 406 g/mol. The Labute approximate surface area is 174 Å². The summed E-state index contributed by atoms with van der Waals surface area (Å²) in [4.78, 5) is 24.2. The van der Waals surface area contributed by atoms with Crippen LogP contribution in [0.4, 0.5) is 10.1 Å². The van der Waals surface area contributed by atoms with E-state index in [1.807, 2.05) is 45.9 Å². The second-order valence-corrected chi connectivity index (χ2v) is 7.08. The lowest BCUT2D eigenvalue weighted by Crippen LogP contribution is -2.32. The van der Waals surface area contributed by atoms with Crippen LogP contribution in [0.5, 0.6) is 0 Å². The van der Waals surface area contributed by atoms with Crippen LogP contribution in [0, 0.1) is 33.5 Å². The summed E-state index contributed by atoms with van der Waals surface area (Å²) in [6, 6.07) is 13.9. The highest BCUT2D eigenvalue weighted by atomic mass is 19.1. The van der Waals surface area contributed by atoms with Crippen LogP contribution < -0.4 is 10.7 Å². The molecule has 2 amide bonds. The molecule has 3 rings (SSSR count).